The monoisotopic (exact) mass is 380 g/mol. The number of ether oxygens (including phenoxy) is 1. The van der Waals surface area contributed by atoms with Crippen LogP contribution < -0.4 is 9.64 Å². The Bertz CT molecular complexity index is 921. The first kappa shape index (κ1) is 17.8. The Balaban J connectivity index is 1.39. The topological polar surface area (TPSA) is 102 Å². The molecule has 0 aliphatic carbocycles. The molecular weight excluding hydrogens is 360 g/mol. The van der Waals surface area contributed by atoms with Crippen LogP contribution in [0, 0.1) is 0 Å². The van der Waals surface area contributed by atoms with E-state index in [0.717, 1.165) is 5.82 Å². The molecule has 1 aliphatic rings. The van der Waals surface area contributed by atoms with Crippen LogP contribution in [-0.2, 0) is 0 Å². The number of anilines is 1. The zero-order valence-corrected chi connectivity index (χ0v) is 15.5. The van der Waals surface area contributed by atoms with E-state index < -0.39 is 0 Å². The van der Waals surface area contributed by atoms with E-state index >= 15 is 0 Å². The third kappa shape index (κ3) is 3.75. The van der Waals surface area contributed by atoms with Crippen molar-refractivity contribution in [3.05, 3.63) is 48.9 Å². The third-order valence-electron chi connectivity index (χ3n) is 4.46. The number of amides is 1. The number of carbonyl (C=O) groups excluding carboxylic acids is 1. The van der Waals surface area contributed by atoms with Crippen LogP contribution in [0.15, 0.2) is 43.4 Å². The lowest BCUT2D eigenvalue weighted by molar-refractivity contribution is 0.0746. The fourth-order valence-electron chi connectivity index (χ4n) is 3.02. The first-order valence-corrected chi connectivity index (χ1v) is 9.04. The van der Waals surface area contributed by atoms with E-state index in [2.05, 4.69) is 29.9 Å². The molecule has 3 aromatic heterocycles. The van der Waals surface area contributed by atoms with Crippen molar-refractivity contribution in [2.24, 2.45) is 0 Å². The van der Waals surface area contributed by atoms with Gasteiger partial charge in [0.1, 0.15) is 24.8 Å². The second-order valence-corrected chi connectivity index (χ2v) is 6.17. The number of carbonyl (C=O) groups is 1. The number of hydrogen-bond donors (Lipinski definition) is 0. The molecule has 10 nitrogen and oxygen atoms in total. The predicted octanol–water partition coefficient (Wildman–Crippen LogP) is 0.813. The van der Waals surface area contributed by atoms with Crippen LogP contribution in [0.3, 0.4) is 0 Å². The Kier molecular flexibility index (Phi) is 5.09. The van der Waals surface area contributed by atoms with Crippen LogP contribution in [-0.4, -0.2) is 73.3 Å². The van der Waals surface area contributed by atoms with Gasteiger partial charge < -0.3 is 14.5 Å². The van der Waals surface area contributed by atoms with E-state index in [1.165, 1.54) is 12.7 Å². The molecular formula is C18H20N8O2. The van der Waals surface area contributed by atoms with E-state index in [1.807, 2.05) is 17.9 Å². The maximum atomic E-state index is 12.7. The summed E-state index contributed by atoms with van der Waals surface area (Å²) in [4.78, 5) is 33.3. The lowest BCUT2D eigenvalue weighted by Gasteiger charge is -2.35. The minimum Gasteiger partial charge on any atom is -0.478 e. The van der Waals surface area contributed by atoms with Gasteiger partial charge in [0.05, 0.1) is 12.2 Å². The summed E-state index contributed by atoms with van der Waals surface area (Å²) < 4.78 is 6.91. The van der Waals surface area contributed by atoms with Crippen molar-refractivity contribution < 1.29 is 9.53 Å². The summed E-state index contributed by atoms with van der Waals surface area (Å²) in [5.41, 5.74) is 0.562. The highest BCUT2D eigenvalue weighted by Gasteiger charge is 2.23. The molecule has 4 rings (SSSR count). The summed E-state index contributed by atoms with van der Waals surface area (Å²) in [6, 6.07) is 5.34. The molecule has 0 spiro atoms. The summed E-state index contributed by atoms with van der Waals surface area (Å²) in [6.45, 7) is 5.02. The van der Waals surface area contributed by atoms with Crippen molar-refractivity contribution in [3.63, 3.8) is 0 Å². The summed E-state index contributed by atoms with van der Waals surface area (Å²) in [7, 11) is 0. The van der Waals surface area contributed by atoms with Crippen molar-refractivity contribution in [1.29, 1.82) is 0 Å². The van der Waals surface area contributed by atoms with E-state index in [-0.39, 0.29) is 5.91 Å². The minimum atomic E-state index is -0.0267. The fraction of sp³-hybridized carbons (Fsp3) is 0.333. The number of aromatic nitrogens is 6. The molecule has 3 aromatic rings. The second-order valence-electron chi connectivity index (χ2n) is 6.17. The molecule has 1 amide bonds. The van der Waals surface area contributed by atoms with E-state index in [1.54, 1.807) is 29.3 Å². The molecule has 10 heteroatoms. The average molecular weight is 380 g/mol. The minimum absolute atomic E-state index is 0.0267. The van der Waals surface area contributed by atoms with Crippen molar-refractivity contribution in [3.8, 4) is 11.7 Å². The highest BCUT2D eigenvalue weighted by atomic mass is 16.5. The van der Waals surface area contributed by atoms with Gasteiger partial charge in [-0.1, -0.05) is 0 Å². The normalized spacial score (nSPS) is 14.2. The van der Waals surface area contributed by atoms with Crippen molar-refractivity contribution >= 4 is 11.7 Å². The molecule has 0 saturated carbocycles. The molecule has 28 heavy (non-hydrogen) atoms. The van der Waals surface area contributed by atoms with Gasteiger partial charge in [-0.3, -0.25) is 4.79 Å². The van der Waals surface area contributed by atoms with Gasteiger partial charge in [0.25, 0.3) is 5.91 Å². The molecule has 1 saturated heterocycles. The van der Waals surface area contributed by atoms with E-state index in [0.29, 0.717) is 50.0 Å². The number of rotatable bonds is 5. The quantitative estimate of drug-likeness (QED) is 0.641. The first-order valence-electron chi connectivity index (χ1n) is 9.04. The number of pyridine rings is 1. The molecule has 144 valence electrons. The third-order valence-corrected chi connectivity index (χ3v) is 4.46. The Morgan fingerprint density at radius 3 is 2.57 bits per heavy atom. The zero-order chi connectivity index (χ0) is 19.3. The highest BCUT2D eigenvalue weighted by molar-refractivity contribution is 5.94. The van der Waals surface area contributed by atoms with Gasteiger partial charge in [0.2, 0.25) is 5.88 Å². The predicted molar refractivity (Wildman–Crippen MR) is 100 cm³/mol. The molecule has 0 N–H and O–H groups in total. The highest BCUT2D eigenvalue weighted by Crippen LogP contribution is 2.17. The molecule has 0 aromatic carbocycles. The van der Waals surface area contributed by atoms with Crippen LogP contribution >= 0.6 is 0 Å². The second kappa shape index (κ2) is 7.99. The Labute approximate surface area is 161 Å². The Morgan fingerprint density at radius 2 is 1.89 bits per heavy atom. The summed E-state index contributed by atoms with van der Waals surface area (Å²) in [5.74, 6) is 1.95. The number of hydrogen-bond acceptors (Lipinski definition) is 8. The van der Waals surface area contributed by atoms with Gasteiger partial charge in [0, 0.05) is 44.5 Å². The lowest BCUT2D eigenvalue weighted by Crippen LogP contribution is -2.49. The van der Waals surface area contributed by atoms with E-state index in [4.69, 9.17) is 4.74 Å². The van der Waals surface area contributed by atoms with Gasteiger partial charge in [-0.15, -0.1) is 0 Å². The molecule has 0 unspecified atom stereocenters. The van der Waals surface area contributed by atoms with Gasteiger partial charge in [0.15, 0.2) is 5.82 Å². The molecule has 0 bridgehead atoms. The van der Waals surface area contributed by atoms with Crippen LogP contribution in [0.1, 0.15) is 17.3 Å². The van der Waals surface area contributed by atoms with Crippen molar-refractivity contribution in [1.82, 2.24) is 34.6 Å². The summed E-state index contributed by atoms with van der Waals surface area (Å²) >= 11 is 0. The van der Waals surface area contributed by atoms with Crippen LogP contribution in [0.4, 0.5) is 5.82 Å². The molecule has 1 aliphatic heterocycles. The largest absolute Gasteiger partial charge is 0.478 e. The van der Waals surface area contributed by atoms with Gasteiger partial charge in [-0.05, 0) is 13.0 Å². The summed E-state index contributed by atoms with van der Waals surface area (Å²) in [5, 5.41) is 4.09. The zero-order valence-electron chi connectivity index (χ0n) is 15.5. The summed E-state index contributed by atoms with van der Waals surface area (Å²) in [6.07, 6.45) is 6.12. The maximum absolute atomic E-state index is 12.7. The molecule has 4 heterocycles. The van der Waals surface area contributed by atoms with Crippen LogP contribution in [0.2, 0.25) is 0 Å². The standard InChI is InChI=1S/C18H20N8O2/c1-2-28-17-4-3-14(10-20-17)18(27)25-7-5-24(6-8-25)15-9-16(22-12-21-15)26-13-19-11-23-26/h3-4,9-13H,2,5-8H2,1H3. The van der Waals surface area contributed by atoms with Gasteiger partial charge in [-0.2, -0.15) is 5.10 Å². The molecule has 1 fully saturated rings. The van der Waals surface area contributed by atoms with Crippen LogP contribution in [0.5, 0.6) is 5.88 Å². The van der Waals surface area contributed by atoms with Gasteiger partial charge >= 0.3 is 0 Å². The molecule has 0 atom stereocenters. The smallest absolute Gasteiger partial charge is 0.255 e. The Hall–Kier alpha value is -3.56. The number of piperazine rings is 1. The fourth-order valence-corrected chi connectivity index (χ4v) is 3.02. The van der Waals surface area contributed by atoms with E-state index in [9.17, 15) is 4.79 Å². The SMILES string of the molecule is CCOc1ccc(C(=O)N2CCN(c3cc(-n4cncn4)ncn3)CC2)cn1. The number of nitrogens with zero attached hydrogens (tertiary/aromatic N) is 8. The average Bonchev–Trinajstić information content (AvgIpc) is 3.29. The van der Waals surface area contributed by atoms with Gasteiger partial charge in [-0.25, -0.2) is 24.6 Å². The lowest BCUT2D eigenvalue weighted by atomic mass is 10.2. The molecule has 0 radical (unpaired) electrons. The van der Waals surface area contributed by atoms with Crippen molar-refractivity contribution in [2.75, 3.05) is 37.7 Å². The first-order chi connectivity index (χ1) is 13.7. The maximum Gasteiger partial charge on any atom is 0.255 e. The van der Waals surface area contributed by atoms with Crippen molar-refractivity contribution in [2.45, 2.75) is 6.92 Å². The van der Waals surface area contributed by atoms with Crippen LogP contribution in [0.25, 0.3) is 5.82 Å². The Morgan fingerprint density at radius 1 is 1.07 bits per heavy atom.